The van der Waals surface area contributed by atoms with Crippen LogP contribution in [0, 0.1) is 5.41 Å². The van der Waals surface area contributed by atoms with Gasteiger partial charge in [0.05, 0.1) is 19.8 Å². The first-order valence-electron chi connectivity index (χ1n) is 7.49. The summed E-state index contributed by atoms with van der Waals surface area (Å²) in [4.78, 5) is 2.14. The Morgan fingerprint density at radius 1 is 1.26 bits per heavy atom. The predicted molar refractivity (Wildman–Crippen MR) is 76.3 cm³/mol. The molecule has 1 aliphatic rings. The molecule has 5 heteroatoms. The molecule has 0 saturated carbocycles. The summed E-state index contributed by atoms with van der Waals surface area (Å²) in [6.45, 7) is 8.18. The molecule has 0 radical (unpaired) electrons. The van der Waals surface area contributed by atoms with Gasteiger partial charge in [-0.25, -0.2) is 0 Å². The molecule has 19 heavy (non-hydrogen) atoms. The van der Waals surface area contributed by atoms with Gasteiger partial charge in [-0.05, 0) is 25.8 Å². The number of hydrogen-bond acceptors (Lipinski definition) is 5. The summed E-state index contributed by atoms with van der Waals surface area (Å²) in [6.07, 6.45) is 3.38. The second-order valence-corrected chi connectivity index (χ2v) is 5.56. The van der Waals surface area contributed by atoms with Gasteiger partial charge in [-0.1, -0.05) is 6.92 Å². The highest BCUT2D eigenvalue weighted by atomic mass is 16.5. The molecule has 0 aromatic heterocycles. The van der Waals surface area contributed by atoms with Gasteiger partial charge >= 0.3 is 0 Å². The van der Waals surface area contributed by atoms with Crippen LogP contribution in [0.5, 0.6) is 0 Å². The van der Waals surface area contributed by atoms with Gasteiger partial charge in [0.15, 0.2) is 0 Å². The number of nitrogens with zero attached hydrogens (tertiary/aromatic N) is 1. The summed E-state index contributed by atoms with van der Waals surface area (Å²) in [5, 5.41) is 21.7. The zero-order chi connectivity index (χ0) is 14.0. The molecule has 114 valence electrons. The van der Waals surface area contributed by atoms with E-state index in [2.05, 4.69) is 17.1 Å². The molecule has 0 bridgehead atoms. The largest absolute Gasteiger partial charge is 0.395 e. The van der Waals surface area contributed by atoms with E-state index in [0.717, 1.165) is 52.1 Å². The molecule has 1 heterocycles. The maximum atomic E-state index is 9.12. The van der Waals surface area contributed by atoms with Crippen LogP contribution in [0.15, 0.2) is 0 Å². The maximum absolute atomic E-state index is 9.12. The molecule has 0 aliphatic carbocycles. The van der Waals surface area contributed by atoms with Crippen LogP contribution in [0.1, 0.15) is 26.2 Å². The van der Waals surface area contributed by atoms with E-state index in [0.29, 0.717) is 13.1 Å². The van der Waals surface area contributed by atoms with E-state index in [1.54, 1.807) is 0 Å². The molecule has 1 atom stereocenters. The van der Waals surface area contributed by atoms with Gasteiger partial charge in [-0.3, -0.25) is 4.90 Å². The Kier molecular flexibility index (Phi) is 8.57. The lowest BCUT2D eigenvalue weighted by Gasteiger charge is -2.41. The monoisotopic (exact) mass is 274 g/mol. The number of nitrogens with one attached hydrogen (secondary N) is 1. The number of ether oxygens (including phenoxy) is 1. The Balaban J connectivity index is 2.55. The summed E-state index contributed by atoms with van der Waals surface area (Å²) in [5.41, 5.74) is 0.123. The molecule has 1 aliphatic heterocycles. The van der Waals surface area contributed by atoms with E-state index in [1.807, 2.05) is 0 Å². The van der Waals surface area contributed by atoms with Gasteiger partial charge in [0, 0.05) is 38.2 Å². The second kappa shape index (κ2) is 9.66. The molecule has 1 unspecified atom stereocenters. The zero-order valence-corrected chi connectivity index (χ0v) is 12.2. The van der Waals surface area contributed by atoms with E-state index >= 15 is 0 Å². The first-order valence-corrected chi connectivity index (χ1v) is 7.49. The molecule has 1 saturated heterocycles. The van der Waals surface area contributed by atoms with Crippen molar-refractivity contribution in [3.05, 3.63) is 0 Å². The third-order valence-corrected chi connectivity index (χ3v) is 3.72. The van der Waals surface area contributed by atoms with Crippen molar-refractivity contribution in [2.75, 3.05) is 59.2 Å². The first-order chi connectivity index (χ1) is 9.26. The van der Waals surface area contributed by atoms with Crippen molar-refractivity contribution in [1.82, 2.24) is 10.2 Å². The lowest BCUT2D eigenvalue weighted by molar-refractivity contribution is -0.0298. The highest BCUT2D eigenvalue weighted by Crippen LogP contribution is 2.29. The molecule has 0 spiro atoms. The summed E-state index contributed by atoms with van der Waals surface area (Å²) >= 11 is 0. The molecular formula is C14H30N2O3. The Morgan fingerprint density at radius 3 is 2.53 bits per heavy atom. The van der Waals surface area contributed by atoms with Crippen LogP contribution in [0.2, 0.25) is 0 Å². The quantitative estimate of drug-likeness (QED) is 0.492. The fourth-order valence-electron chi connectivity index (χ4n) is 2.79. The minimum atomic E-state index is 0.123. The van der Waals surface area contributed by atoms with Gasteiger partial charge in [0.25, 0.3) is 0 Å². The maximum Gasteiger partial charge on any atom is 0.0558 e. The zero-order valence-electron chi connectivity index (χ0n) is 12.2. The summed E-state index contributed by atoms with van der Waals surface area (Å²) in [6, 6.07) is 0. The second-order valence-electron chi connectivity index (χ2n) is 5.56. The molecule has 0 aromatic carbocycles. The molecular weight excluding hydrogens is 244 g/mol. The van der Waals surface area contributed by atoms with Crippen molar-refractivity contribution >= 4 is 0 Å². The number of aliphatic hydroxyl groups is 2. The standard InChI is InChI=1S/C14H30N2O3/c1-2-5-15-11-14(4-3-10-19-13-14)12-16(6-8-17)7-9-18/h15,17-18H,2-13H2,1H3. The van der Waals surface area contributed by atoms with E-state index in [9.17, 15) is 0 Å². The minimum absolute atomic E-state index is 0.123. The molecule has 1 fully saturated rings. The van der Waals surface area contributed by atoms with Crippen LogP contribution in [0.25, 0.3) is 0 Å². The Labute approximate surface area is 116 Å². The Hall–Kier alpha value is -0.200. The van der Waals surface area contributed by atoms with Crippen LogP contribution in [0.3, 0.4) is 0 Å². The molecule has 0 amide bonds. The van der Waals surface area contributed by atoms with Gasteiger partial charge in [0.2, 0.25) is 0 Å². The van der Waals surface area contributed by atoms with Crippen molar-refractivity contribution in [2.45, 2.75) is 26.2 Å². The molecule has 3 N–H and O–H groups in total. The Bertz CT molecular complexity index is 215. The van der Waals surface area contributed by atoms with E-state index in [1.165, 1.54) is 0 Å². The van der Waals surface area contributed by atoms with Crippen LogP contribution >= 0.6 is 0 Å². The third-order valence-electron chi connectivity index (χ3n) is 3.72. The minimum Gasteiger partial charge on any atom is -0.395 e. The first kappa shape index (κ1) is 16.9. The Morgan fingerprint density at radius 2 is 2.00 bits per heavy atom. The SMILES string of the molecule is CCCNCC1(CN(CCO)CCO)CCCOC1. The summed E-state index contributed by atoms with van der Waals surface area (Å²) in [7, 11) is 0. The van der Waals surface area contributed by atoms with Gasteiger partial charge in [0.1, 0.15) is 0 Å². The van der Waals surface area contributed by atoms with Crippen LogP contribution in [-0.2, 0) is 4.74 Å². The average molecular weight is 274 g/mol. The highest BCUT2D eigenvalue weighted by Gasteiger charge is 2.34. The van der Waals surface area contributed by atoms with Crippen LogP contribution < -0.4 is 5.32 Å². The molecule has 0 aromatic rings. The lowest BCUT2D eigenvalue weighted by atomic mass is 9.81. The van der Waals surface area contributed by atoms with Crippen molar-refractivity contribution in [3.8, 4) is 0 Å². The van der Waals surface area contributed by atoms with Crippen LogP contribution in [-0.4, -0.2) is 74.3 Å². The van der Waals surface area contributed by atoms with Crippen LogP contribution in [0.4, 0.5) is 0 Å². The van der Waals surface area contributed by atoms with Gasteiger partial charge in [-0.15, -0.1) is 0 Å². The number of rotatable bonds is 10. The predicted octanol–water partition coefficient (Wildman–Crippen LogP) is 0.0694. The van der Waals surface area contributed by atoms with Crippen molar-refractivity contribution in [3.63, 3.8) is 0 Å². The van der Waals surface area contributed by atoms with Crippen molar-refractivity contribution in [1.29, 1.82) is 0 Å². The van der Waals surface area contributed by atoms with E-state index in [-0.39, 0.29) is 18.6 Å². The third kappa shape index (κ3) is 6.19. The topological polar surface area (TPSA) is 65.0 Å². The highest BCUT2D eigenvalue weighted by molar-refractivity contribution is 4.87. The van der Waals surface area contributed by atoms with E-state index < -0.39 is 0 Å². The molecule has 1 rings (SSSR count). The summed E-state index contributed by atoms with van der Waals surface area (Å²) in [5.74, 6) is 0. The fraction of sp³-hybridized carbons (Fsp3) is 1.00. The average Bonchev–Trinajstić information content (AvgIpc) is 2.41. The van der Waals surface area contributed by atoms with Crippen molar-refractivity contribution < 1.29 is 14.9 Å². The summed E-state index contributed by atoms with van der Waals surface area (Å²) < 4.78 is 5.68. The smallest absolute Gasteiger partial charge is 0.0558 e. The number of hydrogen-bond donors (Lipinski definition) is 3. The van der Waals surface area contributed by atoms with Gasteiger partial charge < -0.3 is 20.3 Å². The van der Waals surface area contributed by atoms with Crippen molar-refractivity contribution in [2.24, 2.45) is 5.41 Å². The van der Waals surface area contributed by atoms with E-state index in [4.69, 9.17) is 14.9 Å². The van der Waals surface area contributed by atoms with Gasteiger partial charge in [-0.2, -0.15) is 0 Å². The normalized spacial score (nSPS) is 24.0. The molecule has 5 nitrogen and oxygen atoms in total. The lowest BCUT2D eigenvalue weighted by Crippen LogP contribution is -2.50. The fourth-order valence-corrected chi connectivity index (χ4v) is 2.79. The number of aliphatic hydroxyl groups excluding tert-OH is 2.